The zero-order valence-corrected chi connectivity index (χ0v) is 21.6. The van der Waals surface area contributed by atoms with Gasteiger partial charge in [-0.15, -0.1) is 0 Å². The molecule has 1 saturated carbocycles. The minimum Gasteiger partial charge on any atom is -0.510 e. The van der Waals surface area contributed by atoms with E-state index in [2.05, 4.69) is 6.58 Å². The second-order valence-electron chi connectivity index (χ2n) is 10.4. The predicted octanol–water partition coefficient (Wildman–Crippen LogP) is 1.88. The minimum atomic E-state index is -2.38. The molecular weight excluding hydrogens is 500 g/mol. The lowest BCUT2D eigenvalue weighted by atomic mass is 9.56. The summed E-state index contributed by atoms with van der Waals surface area (Å²) < 4.78 is 28.7. The minimum absolute atomic E-state index is 0.00872. The van der Waals surface area contributed by atoms with Crippen LogP contribution in [0.15, 0.2) is 35.1 Å². The first kappa shape index (κ1) is 27.7. The molecule has 206 valence electrons. The number of carbonyl (C=O) groups is 2. The van der Waals surface area contributed by atoms with Crippen LogP contribution in [0.1, 0.15) is 30.0 Å². The van der Waals surface area contributed by atoms with Gasteiger partial charge in [0.1, 0.15) is 29.8 Å². The van der Waals surface area contributed by atoms with Crippen LogP contribution in [0, 0.1) is 17.7 Å². The Kier molecular flexibility index (Phi) is 7.15. The summed E-state index contributed by atoms with van der Waals surface area (Å²) in [4.78, 5) is 29.3. The number of rotatable bonds is 7. The fourth-order valence-corrected chi connectivity index (χ4v) is 6.34. The first-order valence-electron chi connectivity index (χ1n) is 12.4. The summed E-state index contributed by atoms with van der Waals surface area (Å²) in [7, 11) is 3.19. The number of benzene rings is 1. The average molecular weight is 534 g/mol. The van der Waals surface area contributed by atoms with Crippen LogP contribution in [-0.2, 0) is 22.6 Å². The third kappa shape index (κ3) is 3.91. The number of carbonyl (C=O) groups excluding carboxylic acids is 2. The van der Waals surface area contributed by atoms with E-state index in [1.807, 2.05) is 0 Å². The Morgan fingerprint density at radius 1 is 1.29 bits per heavy atom. The number of halogens is 2. The second-order valence-corrected chi connectivity index (χ2v) is 10.4. The second kappa shape index (κ2) is 9.79. The Morgan fingerprint density at radius 2 is 1.95 bits per heavy atom. The monoisotopic (exact) mass is 533 g/mol. The van der Waals surface area contributed by atoms with Crippen molar-refractivity contribution in [3.05, 3.63) is 57.6 Å². The summed E-state index contributed by atoms with van der Waals surface area (Å²) in [6.45, 7) is 5.47. The Morgan fingerprint density at radius 3 is 2.50 bits per heavy atom. The highest BCUT2D eigenvalue weighted by Gasteiger charge is 2.62. The van der Waals surface area contributed by atoms with Crippen molar-refractivity contribution < 1.29 is 38.8 Å². The van der Waals surface area contributed by atoms with Gasteiger partial charge in [-0.2, -0.15) is 0 Å². The van der Waals surface area contributed by atoms with Crippen LogP contribution in [0.2, 0.25) is 0 Å². The molecule has 1 amide bonds. The first-order chi connectivity index (χ1) is 17.8. The molecule has 0 radical (unpaired) electrons. The number of ketones is 1. The molecule has 3 aliphatic carbocycles. The molecule has 38 heavy (non-hydrogen) atoms. The number of alkyl halides is 1. The summed E-state index contributed by atoms with van der Waals surface area (Å²) in [6.07, 6.45) is -0.0539. The zero-order valence-electron chi connectivity index (χ0n) is 21.6. The van der Waals surface area contributed by atoms with E-state index in [-0.39, 0.29) is 53.8 Å². The molecular formula is C27H33F2N3O6. The van der Waals surface area contributed by atoms with Crippen LogP contribution in [0.3, 0.4) is 0 Å². The average Bonchev–Trinajstić information content (AvgIpc) is 2.83. The van der Waals surface area contributed by atoms with Gasteiger partial charge in [0, 0.05) is 41.3 Å². The largest absolute Gasteiger partial charge is 0.510 e. The first-order valence-corrected chi connectivity index (χ1v) is 12.4. The number of aliphatic hydroxyl groups is 3. The molecule has 0 saturated heterocycles. The van der Waals surface area contributed by atoms with Crippen LogP contribution in [0.4, 0.5) is 8.78 Å². The number of hydrogen-bond acceptors (Lipinski definition) is 8. The number of nitrogens with two attached hydrogens (primary N) is 1. The third-order valence-electron chi connectivity index (χ3n) is 8.16. The molecule has 4 rings (SSSR count). The van der Waals surface area contributed by atoms with Gasteiger partial charge in [0.25, 0.3) is 5.91 Å². The maximum atomic E-state index is 15.8. The molecule has 9 nitrogen and oxygen atoms in total. The Labute approximate surface area is 219 Å². The molecule has 1 aromatic carbocycles. The van der Waals surface area contributed by atoms with Crippen molar-refractivity contribution in [3.63, 3.8) is 0 Å². The standard InChI is InChI=1S/C27H33F2N3O6/c1-5-32(7-6-28)11-14-10-17(33)20-15(21(14)29)8-13-9-16-22(31(3)4)24(35)18(26(30)37)12(2)27(16,38)25(36)19(13)23(20)34/h10,13,16,22,33-35,38H,2,5-9,11H2,1,3-4H3,(H2,30,37)/t13-,16-,22-,27-/m0/s1. The molecule has 1 fully saturated rings. The van der Waals surface area contributed by atoms with Gasteiger partial charge in [0.05, 0.1) is 17.2 Å². The van der Waals surface area contributed by atoms with Crippen molar-refractivity contribution in [2.24, 2.45) is 17.6 Å². The van der Waals surface area contributed by atoms with E-state index in [9.17, 15) is 34.4 Å². The number of Topliss-reactive ketones (excluding diaryl/α,β-unsaturated/α-hetero) is 1. The highest BCUT2D eigenvalue weighted by molar-refractivity contribution is 6.13. The number of aliphatic hydroxyl groups excluding tert-OH is 2. The maximum absolute atomic E-state index is 15.8. The van der Waals surface area contributed by atoms with Crippen LogP contribution >= 0.6 is 0 Å². The molecule has 0 spiro atoms. The van der Waals surface area contributed by atoms with Crippen LogP contribution < -0.4 is 5.73 Å². The molecule has 3 aliphatic rings. The van der Waals surface area contributed by atoms with Gasteiger partial charge >= 0.3 is 0 Å². The van der Waals surface area contributed by atoms with Crippen LogP contribution in [0.25, 0.3) is 5.76 Å². The Balaban J connectivity index is 1.87. The molecule has 0 bridgehead atoms. The predicted molar refractivity (Wildman–Crippen MR) is 135 cm³/mol. The topological polar surface area (TPSA) is 148 Å². The molecule has 6 N–H and O–H groups in total. The van der Waals surface area contributed by atoms with Crippen molar-refractivity contribution in [3.8, 4) is 5.75 Å². The maximum Gasteiger partial charge on any atom is 0.252 e. The SMILES string of the molecule is C=C1C(C(N)=O)=C(O)[C@@H](N(C)C)[C@@H]2C[C@@H]3Cc4c(F)c(CN(CC)CCF)cc(O)c4C(O)=C3C(=O)[C@]12O. The normalized spacial score (nSPS) is 27.1. The van der Waals surface area contributed by atoms with Gasteiger partial charge in [0.2, 0.25) is 0 Å². The number of nitrogens with zero attached hydrogens (tertiary/aromatic N) is 2. The van der Waals surface area contributed by atoms with Crippen molar-refractivity contribution in [1.29, 1.82) is 0 Å². The number of fused-ring (bicyclic) bond motifs is 3. The number of primary amides is 1. The zero-order chi connectivity index (χ0) is 28.3. The number of phenolic OH excluding ortho intramolecular Hbond substituents is 1. The van der Waals surface area contributed by atoms with Gasteiger partial charge in [-0.05, 0) is 45.5 Å². The summed E-state index contributed by atoms with van der Waals surface area (Å²) in [5.74, 6) is -6.02. The molecule has 0 aromatic heterocycles. The van der Waals surface area contributed by atoms with Crippen LogP contribution in [-0.4, -0.2) is 87.4 Å². The van der Waals surface area contributed by atoms with E-state index in [4.69, 9.17) is 5.73 Å². The lowest BCUT2D eigenvalue weighted by Crippen LogP contribution is -2.63. The van der Waals surface area contributed by atoms with Gasteiger partial charge in [-0.1, -0.05) is 13.5 Å². The van der Waals surface area contributed by atoms with Crippen molar-refractivity contribution >= 4 is 17.4 Å². The van der Waals surface area contributed by atoms with E-state index in [0.29, 0.717) is 6.54 Å². The van der Waals surface area contributed by atoms with Crippen molar-refractivity contribution in [2.45, 2.75) is 38.0 Å². The quantitative estimate of drug-likeness (QED) is 0.357. The van der Waals surface area contributed by atoms with Crippen molar-refractivity contribution in [1.82, 2.24) is 9.80 Å². The lowest BCUT2D eigenvalue weighted by Gasteiger charge is -2.52. The fraction of sp³-hybridized carbons (Fsp3) is 0.481. The van der Waals surface area contributed by atoms with Gasteiger partial charge in [0.15, 0.2) is 11.4 Å². The van der Waals surface area contributed by atoms with E-state index in [1.165, 1.54) is 4.90 Å². The number of amides is 1. The van der Waals surface area contributed by atoms with Gasteiger partial charge < -0.3 is 26.2 Å². The Hall–Kier alpha value is -3.28. The molecule has 1 aromatic rings. The molecule has 0 heterocycles. The molecule has 0 unspecified atom stereocenters. The highest BCUT2D eigenvalue weighted by Crippen LogP contribution is 2.54. The van der Waals surface area contributed by atoms with E-state index < -0.39 is 70.5 Å². The number of aromatic hydroxyl groups is 1. The number of hydrogen-bond donors (Lipinski definition) is 5. The smallest absolute Gasteiger partial charge is 0.252 e. The summed E-state index contributed by atoms with van der Waals surface area (Å²) in [6, 6.07) is 0.148. The molecule has 4 atom stereocenters. The van der Waals surface area contributed by atoms with Gasteiger partial charge in [-0.25, -0.2) is 8.78 Å². The Bertz CT molecular complexity index is 1290. The van der Waals surface area contributed by atoms with E-state index in [0.717, 1.165) is 6.07 Å². The third-order valence-corrected chi connectivity index (χ3v) is 8.16. The summed E-state index contributed by atoms with van der Waals surface area (Å²) >= 11 is 0. The molecule has 0 aliphatic heterocycles. The number of phenols is 1. The van der Waals surface area contributed by atoms with E-state index in [1.54, 1.807) is 25.9 Å². The summed E-state index contributed by atoms with van der Waals surface area (Å²) in [5, 5.41) is 44.7. The van der Waals surface area contributed by atoms with Crippen LogP contribution in [0.5, 0.6) is 5.75 Å². The number of likely N-dealkylation sites (N-methyl/N-ethyl adjacent to an activating group) is 1. The fourth-order valence-electron chi connectivity index (χ4n) is 6.34. The molecule has 11 heteroatoms. The van der Waals surface area contributed by atoms with Crippen molar-refractivity contribution in [2.75, 3.05) is 33.9 Å². The van der Waals surface area contributed by atoms with Gasteiger partial charge in [-0.3, -0.25) is 19.4 Å². The van der Waals surface area contributed by atoms with E-state index >= 15 is 4.39 Å². The summed E-state index contributed by atoms with van der Waals surface area (Å²) in [5.41, 5.74) is 1.90. The highest BCUT2D eigenvalue weighted by atomic mass is 19.1. The lowest BCUT2D eigenvalue weighted by molar-refractivity contribution is -0.143.